The fourth-order valence-corrected chi connectivity index (χ4v) is 3.79. The van der Waals surface area contributed by atoms with E-state index in [-0.39, 0.29) is 30.8 Å². The van der Waals surface area contributed by atoms with Gasteiger partial charge in [-0.2, -0.15) is 4.39 Å². The normalized spacial score (nSPS) is 10.8. The molecule has 1 aromatic heterocycles. The summed E-state index contributed by atoms with van der Waals surface area (Å²) in [6.07, 6.45) is 0.639. The average molecular weight is 402 g/mol. The lowest BCUT2D eigenvalue weighted by Gasteiger charge is -2.11. The molecule has 0 bridgehead atoms. The summed E-state index contributed by atoms with van der Waals surface area (Å²) in [7, 11) is 0. The first-order chi connectivity index (χ1) is 13.5. The van der Waals surface area contributed by atoms with Crippen LogP contribution in [0.25, 0.3) is 10.4 Å². The van der Waals surface area contributed by atoms with Crippen LogP contribution in [0.15, 0.2) is 47.8 Å². The molecule has 0 aliphatic rings. The molecule has 0 saturated heterocycles. The van der Waals surface area contributed by atoms with Crippen LogP contribution in [0.5, 0.6) is 5.75 Å². The summed E-state index contributed by atoms with van der Waals surface area (Å²) in [4.78, 5) is 11.6. The van der Waals surface area contributed by atoms with E-state index in [4.69, 9.17) is 9.84 Å². The highest BCUT2D eigenvalue weighted by Crippen LogP contribution is 2.32. The molecule has 0 atom stereocenters. The highest BCUT2D eigenvalue weighted by atomic mass is 32.1. The molecule has 0 radical (unpaired) electrons. The molecule has 6 heteroatoms. The van der Waals surface area contributed by atoms with Crippen molar-refractivity contribution in [3.8, 4) is 16.2 Å². The molecule has 3 rings (SSSR count). The number of thiophene rings is 1. The molecule has 3 aromatic rings. The SMILES string of the molecule is CCc1ccc(-c2sccc2COc2ccc(CCC(=O)O)c(F)c2F)cc1. The predicted octanol–water partition coefficient (Wildman–Crippen LogP) is 5.85. The lowest BCUT2D eigenvalue weighted by atomic mass is 10.1. The Kier molecular flexibility index (Phi) is 6.41. The molecule has 0 amide bonds. The Hall–Kier alpha value is -2.73. The molecule has 2 aromatic carbocycles. The summed E-state index contributed by atoms with van der Waals surface area (Å²) in [5, 5.41) is 10.6. The van der Waals surface area contributed by atoms with Crippen molar-refractivity contribution in [2.24, 2.45) is 0 Å². The third kappa shape index (κ3) is 4.57. The molecule has 28 heavy (non-hydrogen) atoms. The molecule has 0 aliphatic carbocycles. The van der Waals surface area contributed by atoms with Crippen LogP contribution in [0.2, 0.25) is 0 Å². The van der Waals surface area contributed by atoms with Crippen molar-refractivity contribution in [3.05, 3.63) is 76.2 Å². The lowest BCUT2D eigenvalue weighted by Crippen LogP contribution is -2.04. The minimum Gasteiger partial charge on any atom is -0.486 e. The predicted molar refractivity (Wildman–Crippen MR) is 106 cm³/mol. The third-order valence-electron chi connectivity index (χ3n) is 4.49. The molecule has 0 spiro atoms. The van der Waals surface area contributed by atoms with Crippen LogP contribution in [0.4, 0.5) is 8.78 Å². The fourth-order valence-electron chi connectivity index (χ4n) is 2.87. The topological polar surface area (TPSA) is 46.5 Å². The molecular formula is C22H20F2O3S. The minimum absolute atomic E-state index is 0.0273. The second-order valence-corrected chi connectivity index (χ2v) is 7.27. The van der Waals surface area contributed by atoms with Crippen LogP contribution in [0.1, 0.15) is 30.0 Å². The Morgan fingerprint density at radius 1 is 1.04 bits per heavy atom. The molecule has 0 saturated carbocycles. The van der Waals surface area contributed by atoms with Gasteiger partial charge >= 0.3 is 5.97 Å². The zero-order chi connectivity index (χ0) is 20.1. The van der Waals surface area contributed by atoms with Crippen molar-refractivity contribution in [2.75, 3.05) is 0 Å². The third-order valence-corrected chi connectivity index (χ3v) is 5.50. The number of aliphatic carboxylic acids is 1. The van der Waals surface area contributed by atoms with E-state index in [0.29, 0.717) is 0 Å². The van der Waals surface area contributed by atoms with E-state index in [9.17, 15) is 13.6 Å². The number of carboxylic acid groups (broad SMARTS) is 1. The van der Waals surface area contributed by atoms with Crippen LogP contribution in [-0.2, 0) is 24.2 Å². The van der Waals surface area contributed by atoms with Crippen molar-refractivity contribution >= 4 is 17.3 Å². The Bertz CT molecular complexity index is 964. The smallest absolute Gasteiger partial charge is 0.303 e. The summed E-state index contributed by atoms with van der Waals surface area (Å²) < 4.78 is 34.0. The van der Waals surface area contributed by atoms with Gasteiger partial charge in [0.05, 0.1) is 0 Å². The van der Waals surface area contributed by atoms with E-state index >= 15 is 0 Å². The van der Waals surface area contributed by atoms with Gasteiger partial charge in [-0.3, -0.25) is 4.79 Å². The monoisotopic (exact) mass is 402 g/mol. The van der Waals surface area contributed by atoms with Crippen molar-refractivity contribution in [2.45, 2.75) is 32.8 Å². The van der Waals surface area contributed by atoms with Crippen LogP contribution >= 0.6 is 11.3 Å². The zero-order valence-electron chi connectivity index (χ0n) is 15.4. The fraction of sp³-hybridized carbons (Fsp3) is 0.227. The molecule has 0 unspecified atom stereocenters. The lowest BCUT2D eigenvalue weighted by molar-refractivity contribution is -0.136. The van der Waals surface area contributed by atoms with Crippen molar-refractivity contribution in [1.82, 2.24) is 0 Å². The second-order valence-electron chi connectivity index (χ2n) is 6.36. The molecule has 0 fully saturated rings. The first kappa shape index (κ1) is 20.0. The zero-order valence-corrected chi connectivity index (χ0v) is 16.2. The number of hydrogen-bond donors (Lipinski definition) is 1. The molecule has 3 nitrogen and oxygen atoms in total. The number of halogens is 2. The number of rotatable bonds is 8. The number of aryl methyl sites for hydroxylation is 2. The van der Waals surface area contributed by atoms with E-state index in [1.807, 2.05) is 23.6 Å². The van der Waals surface area contributed by atoms with Crippen molar-refractivity contribution in [1.29, 1.82) is 0 Å². The van der Waals surface area contributed by atoms with E-state index in [1.54, 1.807) is 11.3 Å². The van der Waals surface area contributed by atoms with Gasteiger partial charge in [0.15, 0.2) is 11.6 Å². The molecule has 1 N–H and O–H groups in total. The standard InChI is InChI=1S/C22H20F2O3S/c1-2-14-3-5-16(6-4-14)22-17(11-12-28-22)13-27-18-9-7-15(8-10-19(25)26)20(23)21(18)24/h3-7,9,11-12H,2,8,10,13H2,1H3,(H,25,26). The summed E-state index contributed by atoms with van der Waals surface area (Å²) in [6.45, 7) is 2.21. The van der Waals surface area contributed by atoms with Gasteiger partial charge in [0.1, 0.15) is 6.61 Å². The van der Waals surface area contributed by atoms with E-state index in [1.165, 1.54) is 17.7 Å². The van der Waals surface area contributed by atoms with Crippen molar-refractivity contribution < 1.29 is 23.4 Å². The number of ether oxygens (including phenoxy) is 1. The van der Waals surface area contributed by atoms with Crippen LogP contribution in [-0.4, -0.2) is 11.1 Å². The number of hydrogen-bond acceptors (Lipinski definition) is 3. The summed E-state index contributed by atoms with van der Waals surface area (Å²) >= 11 is 1.57. The minimum atomic E-state index is -1.09. The maximum Gasteiger partial charge on any atom is 0.303 e. The molecule has 1 heterocycles. The van der Waals surface area contributed by atoms with Crippen LogP contribution in [0.3, 0.4) is 0 Å². The second kappa shape index (κ2) is 8.97. The van der Waals surface area contributed by atoms with Crippen molar-refractivity contribution in [3.63, 3.8) is 0 Å². The molecular weight excluding hydrogens is 382 g/mol. The van der Waals surface area contributed by atoms with Crippen LogP contribution in [0, 0.1) is 11.6 Å². The quantitative estimate of drug-likeness (QED) is 0.514. The highest BCUT2D eigenvalue weighted by molar-refractivity contribution is 7.13. The summed E-state index contributed by atoms with van der Waals surface area (Å²) in [5.41, 5.74) is 3.23. The van der Waals surface area contributed by atoms with Gasteiger partial charge in [-0.25, -0.2) is 4.39 Å². The Morgan fingerprint density at radius 3 is 2.46 bits per heavy atom. The van der Waals surface area contributed by atoms with Gasteiger partial charge in [-0.1, -0.05) is 37.3 Å². The Morgan fingerprint density at radius 2 is 1.79 bits per heavy atom. The number of benzene rings is 2. The van der Waals surface area contributed by atoms with Gasteiger partial charge in [0.25, 0.3) is 0 Å². The largest absolute Gasteiger partial charge is 0.486 e. The van der Waals surface area contributed by atoms with E-state index < -0.39 is 17.6 Å². The average Bonchev–Trinajstić information content (AvgIpc) is 3.17. The van der Waals surface area contributed by atoms with E-state index in [2.05, 4.69) is 19.1 Å². The maximum atomic E-state index is 14.3. The maximum absolute atomic E-state index is 14.3. The van der Waals surface area contributed by atoms with Gasteiger partial charge in [0.2, 0.25) is 5.82 Å². The number of carboxylic acids is 1. The van der Waals surface area contributed by atoms with E-state index in [0.717, 1.165) is 22.4 Å². The Labute approximate surface area is 166 Å². The van der Waals surface area contributed by atoms with Gasteiger partial charge < -0.3 is 9.84 Å². The highest BCUT2D eigenvalue weighted by Gasteiger charge is 2.16. The summed E-state index contributed by atoms with van der Waals surface area (Å²) in [6, 6.07) is 12.9. The van der Waals surface area contributed by atoms with Gasteiger partial charge in [-0.15, -0.1) is 11.3 Å². The Balaban J connectivity index is 1.73. The summed E-state index contributed by atoms with van der Waals surface area (Å²) in [5.74, 6) is -3.39. The molecule has 146 valence electrons. The van der Waals surface area contributed by atoms with Gasteiger partial charge in [0, 0.05) is 16.9 Å². The first-order valence-electron chi connectivity index (χ1n) is 8.96. The number of carbonyl (C=O) groups is 1. The molecule has 0 aliphatic heterocycles. The first-order valence-corrected chi connectivity index (χ1v) is 9.84. The van der Waals surface area contributed by atoms with Crippen LogP contribution < -0.4 is 4.74 Å². The van der Waals surface area contributed by atoms with Gasteiger partial charge in [-0.05, 0) is 47.0 Å².